The van der Waals surface area contributed by atoms with Gasteiger partial charge in [-0.05, 0) is 28.3 Å². The molecule has 1 aliphatic rings. The van der Waals surface area contributed by atoms with E-state index in [1.54, 1.807) is 0 Å². The number of carbonyl (C=O) groups is 1. The minimum atomic E-state index is 0.140. The van der Waals surface area contributed by atoms with Crippen molar-refractivity contribution in [3.8, 4) is 22.3 Å². The van der Waals surface area contributed by atoms with E-state index in [4.69, 9.17) is 0 Å². The summed E-state index contributed by atoms with van der Waals surface area (Å²) < 4.78 is 0. The molecule has 0 unspecified atom stereocenters. The van der Waals surface area contributed by atoms with Crippen LogP contribution >= 0.6 is 0 Å². The van der Waals surface area contributed by atoms with Crippen molar-refractivity contribution in [2.75, 3.05) is 0 Å². The highest BCUT2D eigenvalue weighted by Crippen LogP contribution is 2.37. The largest absolute Gasteiger partial charge is 0.289 e. The quantitative estimate of drug-likeness (QED) is 0.485. The van der Waals surface area contributed by atoms with E-state index in [0.717, 1.165) is 38.8 Å². The van der Waals surface area contributed by atoms with Gasteiger partial charge in [0.1, 0.15) is 7.85 Å². The van der Waals surface area contributed by atoms with Crippen LogP contribution in [0.2, 0.25) is 0 Å². The second-order valence-electron chi connectivity index (χ2n) is 5.50. The maximum Gasteiger partial charge on any atom is 0.194 e. The molecule has 0 saturated carbocycles. The molecule has 0 N–H and O–H groups in total. The van der Waals surface area contributed by atoms with Gasteiger partial charge in [-0.15, -0.1) is 0 Å². The van der Waals surface area contributed by atoms with Crippen LogP contribution in [0.25, 0.3) is 22.3 Å². The fraction of sp³-hybridized carbons (Fsp3) is 0. The Kier molecular flexibility index (Phi) is 2.58. The molecule has 0 spiro atoms. The van der Waals surface area contributed by atoms with E-state index in [-0.39, 0.29) is 5.78 Å². The van der Waals surface area contributed by atoms with Gasteiger partial charge < -0.3 is 0 Å². The van der Waals surface area contributed by atoms with Crippen LogP contribution in [0.4, 0.5) is 0 Å². The number of hydrogen-bond acceptors (Lipinski definition) is 1. The summed E-state index contributed by atoms with van der Waals surface area (Å²) in [6, 6.07) is 22.4. The average molecular weight is 268 g/mol. The zero-order valence-electron chi connectivity index (χ0n) is 11.8. The molecule has 0 saturated heterocycles. The molecule has 0 aliphatic heterocycles. The zero-order valence-corrected chi connectivity index (χ0v) is 11.8. The van der Waals surface area contributed by atoms with Gasteiger partial charge in [0, 0.05) is 11.1 Å². The summed E-state index contributed by atoms with van der Waals surface area (Å²) in [4.78, 5) is 12.6. The third-order valence-corrected chi connectivity index (χ3v) is 4.08. The third-order valence-electron chi connectivity index (χ3n) is 4.08. The van der Waals surface area contributed by atoms with Crippen LogP contribution in [-0.4, -0.2) is 13.6 Å². The zero-order chi connectivity index (χ0) is 14.4. The van der Waals surface area contributed by atoms with Gasteiger partial charge in [0.05, 0.1) is 0 Å². The van der Waals surface area contributed by atoms with Crippen molar-refractivity contribution in [2.24, 2.45) is 0 Å². The molecule has 98 valence electrons. The van der Waals surface area contributed by atoms with Gasteiger partial charge in [-0.25, -0.2) is 0 Å². The summed E-state index contributed by atoms with van der Waals surface area (Å²) in [5.41, 5.74) is 7.10. The van der Waals surface area contributed by atoms with Gasteiger partial charge in [0.25, 0.3) is 0 Å². The molecule has 1 aliphatic carbocycles. The molecule has 0 heterocycles. The number of hydrogen-bond donors (Lipinski definition) is 0. The highest BCUT2D eigenvalue weighted by Gasteiger charge is 2.26. The van der Waals surface area contributed by atoms with Crippen LogP contribution in [0.5, 0.6) is 0 Å². The maximum absolute atomic E-state index is 12.6. The van der Waals surface area contributed by atoms with Crippen molar-refractivity contribution in [1.29, 1.82) is 0 Å². The molecule has 0 atom stereocenters. The van der Waals surface area contributed by atoms with Crippen molar-refractivity contribution in [2.45, 2.75) is 0 Å². The first-order chi connectivity index (χ1) is 10.2. The fourth-order valence-corrected chi connectivity index (χ4v) is 3.00. The maximum atomic E-state index is 12.6. The summed E-state index contributed by atoms with van der Waals surface area (Å²) in [5.74, 6) is 0.140. The second-order valence-corrected chi connectivity index (χ2v) is 5.50. The summed E-state index contributed by atoms with van der Waals surface area (Å²) in [7, 11) is 2.02. The average Bonchev–Trinajstić information content (AvgIpc) is 2.80. The summed E-state index contributed by atoms with van der Waals surface area (Å²) in [5, 5.41) is 0. The molecule has 0 aromatic heterocycles. The van der Waals surface area contributed by atoms with Gasteiger partial charge in [-0.1, -0.05) is 66.1 Å². The molecule has 21 heavy (non-hydrogen) atoms. The van der Waals surface area contributed by atoms with Crippen LogP contribution in [0.15, 0.2) is 66.7 Å². The highest BCUT2D eigenvalue weighted by molar-refractivity contribution is 6.34. The molecule has 0 radical (unpaired) electrons. The fourth-order valence-electron chi connectivity index (χ4n) is 3.00. The molecule has 3 aromatic rings. The minimum absolute atomic E-state index is 0.140. The summed E-state index contributed by atoms with van der Waals surface area (Å²) in [6.45, 7) is 0. The van der Waals surface area contributed by atoms with E-state index >= 15 is 0 Å². The molecular weight excluding hydrogens is 255 g/mol. The van der Waals surface area contributed by atoms with Crippen molar-refractivity contribution < 1.29 is 4.79 Å². The lowest BCUT2D eigenvalue weighted by Crippen LogP contribution is -2.05. The van der Waals surface area contributed by atoms with E-state index in [1.807, 2.05) is 38.2 Å². The Labute approximate surface area is 124 Å². The molecule has 0 bridgehead atoms. The van der Waals surface area contributed by atoms with Crippen LogP contribution in [-0.2, 0) is 0 Å². The Bertz CT molecular complexity index is 866. The minimum Gasteiger partial charge on any atom is -0.289 e. The lowest BCUT2D eigenvalue weighted by molar-refractivity contribution is 0.104. The Balaban J connectivity index is 1.90. The summed E-state index contributed by atoms with van der Waals surface area (Å²) in [6.07, 6.45) is 0. The van der Waals surface area contributed by atoms with E-state index < -0.39 is 0 Å². The number of ketones is 1. The number of rotatable bonds is 1. The van der Waals surface area contributed by atoms with E-state index in [0.29, 0.717) is 0 Å². The molecule has 3 aromatic carbocycles. The Morgan fingerprint density at radius 2 is 1.29 bits per heavy atom. The monoisotopic (exact) mass is 268 g/mol. The highest BCUT2D eigenvalue weighted by atomic mass is 16.1. The first kappa shape index (κ1) is 12.2. The van der Waals surface area contributed by atoms with Crippen LogP contribution in [0.3, 0.4) is 0 Å². The van der Waals surface area contributed by atoms with Gasteiger partial charge in [-0.3, -0.25) is 4.79 Å². The molecule has 0 fully saturated rings. The Morgan fingerprint density at radius 3 is 2.05 bits per heavy atom. The van der Waals surface area contributed by atoms with E-state index in [9.17, 15) is 4.79 Å². The lowest BCUT2D eigenvalue weighted by Gasteiger charge is -2.04. The lowest BCUT2D eigenvalue weighted by atomic mass is 9.92. The molecule has 0 amide bonds. The number of benzene rings is 3. The first-order valence-corrected chi connectivity index (χ1v) is 7.09. The predicted octanol–water partition coefficient (Wildman–Crippen LogP) is 2.82. The van der Waals surface area contributed by atoms with E-state index in [2.05, 4.69) is 36.4 Å². The topological polar surface area (TPSA) is 17.1 Å². The van der Waals surface area contributed by atoms with Gasteiger partial charge in [-0.2, -0.15) is 0 Å². The third kappa shape index (κ3) is 1.84. The molecule has 1 nitrogen and oxygen atoms in total. The number of carbonyl (C=O) groups excluding carboxylic acids is 1. The van der Waals surface area contributed by atoms with Crippen molar-refractivity contribution in [1.82, 2.24) is 0 Å². The second kappa shape index (κ2) is 4.46. The Hall–Kier alpha value is -2.61. The van der Waals surface area contributed by atoms with Crippen LogP contribution < -0.4 is 5.46 Å². The van der Waals surface area contributed by atoms with Gasteiger partial charge in [0.2, 0.25) is 0 Å². The molecule has 4 rings (SSSR count). The molecule has 2 heteroatoms. The van der Waals surface area contributed by atoms with Crippen LogP contribution in [0, 0.1) is 0 Å². The standard InChI is InChI=1S/C19H13BO/c20-14-7-9-16-15-8-6-13(12-4-2-1-3-5-12)10-17(15)19(21)18(16)11-14/h1-11H,20H2. The van der Waals surface area contributed by atoms with Crippen molar-refractivity contribution in [3.63, 3.8) is 0 Å². The van der Waals surface area contributed by atoms with Gasteiger partial charge >= 0.3 is 0 Å². The SMILES string of the molecule is Bc1ccc2c(c1)C(=O)c1cc(-c3ccccc3)ccc1-2. The molecular formula is C19H13BO. The Morgan fingerprint density at radius 1 is 0.619 bits per heavy atom. The van der Waals surface area contributed by atoms with E-state index in [1.165, 1.54) is 0 Å². The normalized spacial score (nSPS) is 12.1. The summed E-state index contributed by atoms with van der Waals surface area (Å²) >= 11 is 0. The number of fused-ring (bicyclic) bond motifs is 3. The van der Waals surface area contributed by atoms with Gasteiger partial charge in [0.15, 0.2) is 5.78 Å². The van der Waals surface area contributed by atoms with Crippen LogP contribution in [0.1, 0.15) is 15.9 Å². The van der Waals surface area contributed by atoms with Crippen molar-refractivity contribution in [3.05, 3.63) is 77.9 Å². The predicted molar refractivity (Wildman–Crippen MR) is 88.9 cm³/mol. The van der Waals surface area contributed by atoms with Crippen molar-refractivity contribution >= 4 is 19.1 Å². The first-order valence-electron chi connectivity index (χ1n) is 7.09. The smallest absolute Gasteiger partial charge is 0.194 e.